The van der Waals surface area contributed by atoms with E-state index in [1.165, 1.54) is 4.88 Å². The molecule has 1 aromatic heterocycles. The Balaban J connectivity index is 2.12. The van der Waals surface area contributed by atoms with Gasteiger partial charge in [0.25, 0.3) is 0 Å². The quantitative estimate of drug-likeness (QED) is 0.895. The number of amides is 1. The molecular formula is C14H23N3OS. The van der Waals surface area contributed by atoms with Crippen molar-refractivity contribution >= 4 is 17.2 Å². The normalized spacial score (nSPS) is 25.3. The van der Waals surface area contributed by atoms with Crippen molar-refractivity contribution in [1.82, 2.24) is 15.1 Å². The summed E-state index contributed by atoms with van der Waals surface area (Å²) in [4.78, 5) is 17.7. The summed E-state index contributed by atoms with van der Waals surface area (Å²) in [7, 11) is 4.13. The first-order valence-electron chi connectivity index (χ1n) is 6.77. The smallest absolute Gasteiger partial charge is 0.241 e. The summed E-state index contributed by atoms with van der Waals surface area (Å²) in [6.45, 7) is 5.08. The molecule has 1 saturated heterocycles. The van der Waals surface area contributed by atoms with E-state index in [-0.39, 0.29) is 24.2 Å². The van der Waals surface area contributed by atoms with Crippen molar-refractivity contribution in [3.63, 3.8) is 0 Å². The van der Waals surface area contributed by atoms with Crippen LogP contribution in [0.1, 0.15) is 31.3 Å². The van der Waals surface area contributed by atoms with Gasteiger partial charge in [0.15, 0.2) is 0 Å². The Morgan fingerprint density at radius 2 is 2.26 bits per heavy atom. The molecule has 0 radical (unpaired) electrons. The molecule has 1 amide bonds. The maximum absolute atomic E-state index is 12.4. The molecule has 3 unspecified atom stereocenters. The van der Waals surface area contributed by atoms with Gasteiger partial charge >= 0.3 is 0 Å². The van der Waals surface area contributed by atoms with Gasteiger partial charge in [-0.25, -0.2) is 0 Å². The van der Waals surface area contributed by atoms with Gasteiger partial charge in [-0.2, -0.15) is 0 Å². The van der Waals surface area contributed by atoms with Crippen LogP contribution in [0.3, 0.4) is 0 Å². The van der Waals surface area contributed by atoms with Crippen LogP contribution in [0.4, 0.5) is 0 Å². The van der Waals surface area contributed by atoms with E-state index in [9.17, 15) is 4.79 Å². The van der Waals surface area contributed by atoms with E-state index < -0.39 is 0 Å². The first kappa shape index (κ1) is 14.5. The third-order valence-corrected chi connectivity index (χ3v) is 4.52. The highest BCUT2D eigenvalue weighted by atomic mass is 32.1. The van der Waals surface area contributed by atoms with Crippen molar-refractivity contribution in [3.8, 4) is 0 Å². The van der Waals surface area contributed by atoms with Gasteiger partial charge in [0.05, 0.1) is 6.04 Å². The van der Waals surface area contributed by atoms with Crippen LogP contribution in [-0.2, 0) is 4.79 Å². The van der Waals surface area contributed by atoms with Crippen molar-refractivity contribution in [2.24, 2.45) is 0 Å². The van der Waals surface area contributed by atoms with Gasteiger partial charge in [0.2, 0.25) is 5.91 Å². The lowest BCUT2D eigenvalue weighted by Gasteiger charge is -2.30. The highest BCUT2D eigenvalue weighted by Gasteiger charge is 2.39. The molecule has 1 N–H and O–H groups in total. The Kier molecular flexibility index (Phi) is 4.60. The monoisotopic (exact) mass is 281 g/mol. The van der Waals surface area contributed by atoms with Crippen molar-refractivity contribution in [2.45, 2.75) is 38.5 Å². The average molecular weight is 281 g/mol. The molecule has 5 heteroatoms. The Labute approximate surface area is 119 Å². The second-order valence-corrected chi connectivity index (χ2v) is 6.47. The zero-order chi connectivity index (χ0) is 14.0. The lowest BCUT2D eigenvalue weighted by molar-refractivity contribution is -0.131. The first-order chi connectivity index (χ1) is 9.00. The van der Waals surface area contributed by atoms with Crippen molar-refractivity contribution in [2.75, 3.05) is 20.6 Å². The highest BCUT2D eigenvalue weighted by Crippen LogP contribution is 2.31. The number of carbonyl (C=O) groups is 1. The molecule has 2 heterocycles. The Morgan fingerprint density at radius 1 is 1.53 bits per heavy atom. The summed E-state index contributed by atoms with van der Waals surface area (Å²) < 4.78 is 0. The molecule has 0 saturated carbocycles. The van der Waals surface area contributed by atoms with Gasteiger partial charge in [-0.3, -0.25) is 10.1 Å². The fourth-order valence-electron chi connectivity index (χ4n) is 2.46. The van der Waals surface area contributed by atoms with Crippen LogP contribution < -0.4 is 5.32 Å². The number of nitrogens with one attached hydrogen (secondary N) is 1. The van der Waals surface area contributed by atoms with E-state index in [2.05, 4.69) is 42.7 Å². The zero-order valence-corrected chi connectivity index (χ0v) is 12.9. The molecule has 19 heavy (non-hydrogen) atoms. The van der Waals surface area contributed by atoms with E-state index in [4.69, 9.17) is 0 Å². The van der Waals surface area contributed by atoms with E-state index in [1.807, 2.05) is 17.9 Å². The van der Waals surface area contributed by atoms with Gasteiger partial charge in [0.1, 0.15) is 6.17 Å². The Hall–Kier alpha value is -0.910. The second-order valence-electron chi connectivity index (χ2n) is 5.49. The third kappa shape index (κ3) is 3.16. The average Bonchev–Trinajstić information content (AvgIpc) is 2.96. The molecule has 1 aliphatic heterocycles. The maximum atomic E-state index is 12.4. The van der Waals surface area contributed by atoms with Gasteiger partial charge in [-0.1, -0.05) is 6.07 Å². The number of thiophene rings is 1. The van der Waals surface area contributed by atoms with Crippen LogP contribution in [0, 0.1) is 0 Å². The maximum Gasteiger partial charge on any atom is 0.241 e. The minimum Gasteiger partial charge on any atom is -0.318 e. The van der Waals surface area contributed by atoms with Gasteiger partial charge in [-0.05, 0) is 52.4 Å². The molecule has 1 fully saturated rings. The van der Waals surface area contributed by atoms with E-state index >= 15 is 0 Å². The second kappa shape index (κ2) is 6.03. The molecule has 1 aliphatic rings. The Bertz CT molecular complexity index is 418. The minimum atomic E-state index is -0.0890. The summed E-state index contributed by atoms with van der Waals surface area (Å²) >= 11 is 1.70. The van der Waals surface area contributed by atoms with Gasteiger partial charge in [0, 0.05) is 10.9 Å². The molecule has 0 aromatic carbocycles. The SMILES string of the molecule is CC1NC(c2cccs2)N(C(C)CCN(C)C)C1=O. The van der Waals surface area contributed by atoms with Crippen LogP contribution in [0.15, 0.2) is 17.5 Å². The largest absolute Gasteiger partial charge is 0.318 e. The number of hydrogen-bond donors (Lipinski definition) is 1. The fourth-order valence-corrected chi connectivity index (χ4v) is 3.24. The van der Waals surface area contributed by atoms with E-state index in [0.717, 1.165) is 13.0 Å². The molecular weight excluding hydrogens is 258 g/mol. The number of rotatable bonds is 5. The number of nitrogens with zero attached hydrogens (tertiary/aromatic N) is 2. The topological polar surface area (TPSA) is 35.6 Å². The summed E-state index contributed by atoms with van der Waals surface area (Å²) in [5.41, 5.74) is 0. The lowest BCUT2D eigenvalue weighted by atomic mass is 10.1. The van der Waals surface area contributed by atoms with Crippen molar-refractivity contribution in [1.29, 1.82) is 0 Å². The summed E-state index contributed by atoms with van der Waals surface area (Å²) in [6.07, 6.45) is 1.04. The molecule has 106 valence electrons. The van der Waals surface area contributed by atoms with Crippen LogP contribution in [0.5, 0.6) is 0 Å². The van der Waals surface area contributed by atoms with Crippen LogP contribution >= 0.6 is 11.3 Å². The summed E-state index contributed by atoms with van der Waals surface area (Å²) in [5, 5.41) is 5.46. The van der Waals surface area contributed by atoms with Gasteiger partial charge < -0.3 is 9.80 Å². The van der Waals surface area contributed by atoms with E-state index in [1.54, 1.807) is 11.3 Å². The predicted octanol–water partition coefficient (Wildman–Crippen LogP) is 1.91. The number of hydrogen-bond acceptors (Lipinski definition) is 4. The van der Waals surface area contributed by atoms with Crippen molar-refractivity contribution < 1.29 is 4.79 Å². The highest BCUT2D eigenvalue weighted by molar-refractivity contribution is 7.10. The summed E-state index contributed by atoms with van der Waals surface area (Å²) in [5.74, 6) is 0.213. The fraction of sp³-hybridized carbons (Fsp3) is 0.643. The molecule has 0 aliphatic carbocycles. The van der Waals surface area contributed by atoms with E-state index in [0.29, 0.717) is 0 Å². The molecule has 3 atom stereocenters. The molecule has 2 rings (SSSR count). The molecule has 1 aromatic rings. The Morgan fingerprint density at radius 3 is 2.84 bits per heavy atom. The molecule has 0 spiro atoms. The lowest BCUT2D eigenvalue weighted by Crippen LogP contribution is -2.39. The summed E-state index contributed by atoms with van der Waals surface area (Å²) in [6, 6.07) is 4.30. The zero-order valence-electron chi connectivity index (χ0n) is 12.1. The third-order valence-electron chi connectivity index (χ3n) is 3.59. The number of carbonyl (C=O) groups excluding carboxylic acids is 1. The molecule has 0 bridgehead atoms. The van der Waals surface area contributed by atoms with Crippen LogP contribution in [0.2, 0.25) is 0 Å². The van der Waals surface area contributed by atoms with Gasteiger partial charge in [-0.15, -0.1) is 11.3 Å². The minimum absolute atomic E-state index is 0.0414. The first-order valence-corrected chi connectivity index (χ1v) is 7.65. The van der Waals surface area contributed by atoms with Crippen LogP contribution in [-0.4, -0.2) is 48.4 Å². The standard InChI is InChI=1S/C14H23N3OS/c1-10(7-8-16(3)4)17-13(12-6-5-9-19-12)15-11(2)14(17)18/h5-6,9-11,13,15H,7-8H2,1-4H3. The molecule has 4 nitrogen and oxygen atoms in total. The van der Waals surface area contributed by atoms with Crippen LogP contribution in [0.25, 0.3) is 0 Å². The van der Waals surface area contributed by atoms with Crippen molar-refractivity contribution in [3.05, 3.63) is 22.4 Å². The predicted molar refractivity (Wildman–Crippen MR) is 79.1 cm³/mol.